The quantitative estimate of drug-likeness (QED) is 0.246. The van der Waals surface area contributed by atoms with Crippen LogP contribution in [0.5, 0.6) is 0 Å². The average Bonchev–Trinajstić information content (AvgIpc) is 3.20. The summed E-state index contributed by atoms with van der Waals surface area (Å²) >= 11 is 0. The number of ketones is 1. The number of benzene rings is 3. The van der Waals surface area contributed by atoms with E-state index in [9.17, 15) is 14.0 Å². The van der Waals surface area contributed by atoms with Crippen LogP contribution in [0.2, 0.25) is 0 Å². The van der Waals surface area contributed by atoms with Crippen LogP contribution < -0.4 is 11.1 Å². The number of carbonyl (C=O) groups excluding carboxylic acids is 2. The molecule has 0 radical (unpaired) electrons. The SMILES string of the molecule is CNC(=O)c1c(-c2ccc(F)cc2)oc2cc(N)c(-c3cccc(C(=O)CCC(C)C)c3)cc12. The molecule has 4 aromatic rings. The number of halogens is 1. The van der Waals surface area contributed by atoms with Crippen molar-refractivity contribution in [2.75, 3.05) is 12.8 Å². The number of nitrogens with two attached hydrogens (primary N) is 1. The van der Waals surface area contributed by atoms with Gasteiger partial charge in [-0.1, -0.05) is 32.0 Å². The Bertz CT molecular complexity index is 1370. The lowest BCUT2D eigenvalue weighted by atomic mass is 9.95. The van der Waals surface area contributed by atoms with E-state index in [0.717, 1.165) is 12.0 Å². The van der Waals surface area contributed by atoms with Crippen LogP contribution in [-0.4, -0.2) is 18.7 Å². The number of hydrogen-bond acceptors (Lipinski definition) is 4. The van der Waals surface area contributed by atoms with Crippen LogP contribution in [0.1, 0.15) is 47.4 Å². The summed E-state index contributed by atoms with van der Waals surface area (Å²) in [5.41, 5.74) is 10.3. The van der Waals surface area contributed by atoms with Crippen LogP contribution in [0.4, 0.5) is 10.1 Å². The first-order chi connectivity index (χ1) is 16.3. The van der Waals surface area contributed by atoms with Crippen LogP contribution in [0.25, 0.3) is 33.4 Å². The molecular weight excluding hydrogens is 431 g/mol. The number of nitrogen functional groups attached to an aromatic ring is 1. The summed E-state index contributed by atoms with van der Waals surface area (Å²) in [7, 11) is 1.54. The predicted molar refractivity (Wildman–Crippen MR) is 133 cm³/mol. The number of carbonyl (C=O) groups is 2. The molecule has 0 bridgehead atoms. The molecule has 3 aromatic carbocycles. The number of furan rings is 1. The molecule has 3 N–H and O–H groups in total. The van der Waals surface area contributed by atoms with Crippen molar-refractivity contribution in [3.8, 4) is 22.5 Å². The Labute approximate surface area is 197 Å². The molecule has 1 amide bonds. The number of Topliss-reactive ketones (excluding diaryl/α,β-unsaturated/α-hetero) is 1. The molecule has 0 aliphatic carbocycles. The monoisotopic (exact) mass is 458 g/mol. The lowest BCUT2D eigenvalue weighted by molar-refractivity contribution is 0.0960. The molecule has 0 saturated carbocycles. The fourth-order valence-electron chi connectivity index (χ4n) is 3.99. The van der Waals surface area contributed by atoms with Gasteiger partial charge in [-0.25, -0.2) is 4.39 Å². The van der Waals surface area contributed by atoms with Crippen molar-refractivity contribution in [2.45, 2.75) is 26.7 Å². The lowest BCUT2D eigenvalue weighted by Crippen LogP contribution is -2.18. The standard InChI is InChI=1S/C28H27FN2O3/c1-16(2)7-12-24(32)19-6-4-5-18(13-19)21-14-22-25(15-23(21)30)34-27(26(22)28(33)31-3)17-8-10-20(29)11-9-17/h4-6,8-11,13-16H,7,12,30H2,1-3H3,(H,31,33). The third kappa shape index (κ3) is 4.57. The van der Waals surface area contributed by atoms with E-state index in [4.69, 9.17) is 10.2 Å². The Morgan fingerprint density at radius 2 is 1.76 bits per heavy atom. The highest BCUT2D eigenvalue weighted by atomic mass is 19.1. The number of fused-ring (bicyclic) bond motifs is 1. The number of amides is 1. The molecular formula is C28H27FN2O3. The Morgan fingerprint density at radius 1 is 1.03 bits per heavy atom. The fourth-order valence-corrected chi connectivity index (χ4v) is 3.99. The Morgan fingerprint density at radius 3 is 2.44 bits per heavy atom. The highest BCUT2D eigenvalue weighted by Gasteiger charge is 2.23. The Hall–Kier alpha value is -3.93. The van der Waals surface area contributed by atoms with E-state index < -0.39 is 0 Å². The van der Waals surface area contributed by atoms with Crippen molar-refractivity contribution in [2.24, 2.45) is 5.92 Å². The van der Waals surface area contributed by atoms with E-state index in [0.29, 0.717) is 57.0 Å². The van der Waals surface area contributed by atoms with Crippen molar-refractivity contribution in [1.82, 2.24) is 5.32 Å². The van der Waals surface area contributed by atoms with Gasteiger partial charge in [0.05, 0.1) is 5.56 Å². The van der Waals surface area contributed by atoms with Crippen molar-refractivity contribution in [3.63, 3.8) is 0 Å². The third-order valence-electron chi connectivity index (χ3n) is 5.86. The van der Waals surface area contributed by atoms with Gasteiger partial charge < -0.3 is 15.5 Å². The van der Waals surface area contributed by atoms with Gasteiger partial charge in [0.2, 0.25) is 0 Å². The minimum atomic E-state index is -0.379. The number of rotatable bonds is 7. The molecule has 4 rings (SSSR count). The highest BCUT2D eigenvalue weighted by molar-refractivity contribution is 6.12. The summed E-state index contributed by atoms with van der Waals surface area (Å²) in [5.74, 6) is 0.165. The molecule has 0 aliphatic rings. The minimum absolute atomic E-state index is 0.0863. The van der Waals surface area contributed by atoms with Crippen LogP contribution in [0.3, 0.4) is 0 Å². The minimum Gasteiger partial charge on any atom is -0.455 e. The fraction of sp³-hybridized carbons (Fsp3) is 0.214. The maximum atomic E-state index is 13.5. The van der Waals surface area contributed by atoms with Crippen molar-refractivity contribution in [3.05, 3.63) is 77.6 Å². The third-order valence-corrected chi connectivity index (χ3v) is 5.86. The molecule has 0 aliphatic heterocycles. The molecule has 0 unspecified atom stereocenters. The van der Waals surface area contributed by atoms with Gasteiger partial charge in [-0.2, -0.15) is 0 Å². The van der Waals surface area contributed by atoms with Gasteiger partial charge in [-0.15, -0.1) is 0 Å². The van der Waals surface area contributed by atoms with Crippen LogP contribution >= 0.6 is 0 Å². The largest absolute Gasteiger partial charge is 0.455 e. The first-order valence-electron chi connectivity index (χ1n) is 11.3. The average molecular weight is 459 g/mol. The summed E-state index contributed by atoms with van der Waals surface area (Å²) in [6, 6.07) is 16.6. The first-order valence-corrected chi connectivity index (χ1v) is 11.3. The molecule has 6 heteroatoms. The van der Waals surface area contributed by atoms with E-state index >= 15 is 0 Å². The molecule has 1 heterocycles. The number of anilines is 1. The van der Waals surface area contributed by atoms with E-state index in [1.165, 1.54) is 12.1 Å². The van der Waals surface area contributed by atoms with E-state index in [1.807, 2.05) is 24.3 Å². The molecule has 0 fully saturated rings. The van der Waals surface area contributed by atoms with Gasteiger partial charge in [0.1, 0.15) is 17.2 Å². The van der Waals surface area contributed by atoms with Gasteiger partial charge in [0.15, 0.2) is 5.78 Å². The van der Waals surface area contributed by atoms with Crippen LogP contribution in [0.15, 0.2) is 65.1 Å². The van der Waals surface area contributed by atoms with Crippen molar-refractivity contribution < 1.29 is 18.4 Å². The Kier molecular flexibility index (Phi) is 6.50. The molecule has 1 aromatic heterocycles. The van der Waals surface area contributed by atoms with E-state index in [2.05, 4.69) is 19.2 Å². The smallest absolute Gasteiger partial charge is 0.255 e. The van der Waals surface area contributed by atoms with Crippen molar-refractivity contribution in [1.29, 1.82) is 0 Å². The number of nitrogens with one attached hydrogen (secondary N) is 1. The highest BCUT2D eigenvalue weighted by Crippen LogP contribution is 2.39. The van der Waals surface area contributed by atoms with Crippen LogP contribution in [-0.2, 0) is 0 Å². The maximum absolute atomic E-state index is 13.5. The van der Waals surface area contributed by atoms with E-state index in [-0.39, 0.29) is 17.5 Å². The second-order valence-electron chi connectivity index (χ2n) is 8.76. The lowest BCUT2D eigenvalue weighted by Gasteiger charge is -2.09. The second kappa shape index (κ2) is 9.51. The summed E-state index contributed by atoms with van der Waals surface area (Å²) in [4.78, 5) is 25.5. The molecule has 0 spiro atoms. The zero-order chi connectivity index (χ0) is 24.4. The predicted octanol–water partition coefficient (Wildman–Crippen LogP) is 6.47. The molecule has 5 nitrogen and oxygen atoms in total. The van der Waals surface area contributed by atoms with Crippen molar-refractivity contribution >= 4 is 28.3 Å². The second-order valence-corrected chi connectivity index (χ2v) is 8.76. The zero-order valence-electron chi connectivity index (χ0n) is 19.4. The first kappa shape index (κ1) is 23.2. The summed E-state index contributed by atoms with van der Waals surface area (Å²) in [6.45, 7) is 4.18. The summed E-state index contributed by atoms with van der Waals surface area (Å²) in [5, 5.41) is 3.24. The molecule has 0 atom stereocenters. The normalized spacial score (nSPS) is 11.2. The van der Waals surface area contributed by atoms with Gasteiger partial charge >= 0.3 is 0 Å². The summed E-state index contributed by atoms with van der Waals surface area (Å²) < 4.78 is 19.5. The number of hydrogen-bond donors (Lipinski definition) is 2. The summed E-state index contributed by atoms with van der Waals surface area (Å²) in [6.07, 6.45) is 1.31. The zero-order valence-corrected chi connectivity index (χ0v) is 19.4. The molecule has 34 heavy (non-hydrogen) atoms. The van der Waals surface area contributed by atoms with Crippen LogP contribution in [0, 0.1) is 11.7 Å². The van der Waals surface area contributed by atoms with Gasteiger partial charge in [-0.3, -0.25) is 9.59 Å². The maximum Gasteiger partial charge on any atom is 0.255 e. The Balaban J connectivity index is 1.84. The molecule has 174 valence electrons. The van der Waals surface area contributed by atoms with Gasteiger partial charge in [0, 0.05) is 47.3 Å². The molecule has 0 saturated heterocycles. The van der Waals surface area contributed by atoms with Gasteiger partial charge in [-0.05, 0) is 54.3 Å². The van der Waals surface area contributed by atoms with Gasteiger partial charge in [0.25, 0.3) is 5.91 Å². The topological polar surface area (TPSA) is 85.3 Å². The van der Waals surface area contributed by atoms with E-state index in [1.54, 1.807) is 31.3 Å².